The molecule has 0 spiro atoms. The van der Waals surface area contributed by atoms with Crippen LogP contribution in [0.15, 0.2) is 24.3 Å². The summed E-state index contributed by atoms with van der Waals surface area (Å²) in [5.41, 5.74) is 2.70. The van der Waals surface area contributed by atoms with Gasteiger partial charge in [0.15, 0.2) is 0 Å². The smallest absolute Gasteiger partial charge is 0.233 e. The number of hydrogen-bond acceptors (Lipinski definition) is 4. The second kappa shape index (κ2) is 8.64. The highest BCUT2D eigenvalue weighted by Gasteiger charge is 2.47. The summed E-state index contributed by atoms with van der Waals surface area (Å²) in [6.45, 7) is 8.16. The summed E-state index contributed by atoms with van der Waals surface area (Å²) in [6.07, 6.45) is 6.00. The van der Waals surface area contributed by atoms with Crippen molar-refractivity contribution in [3.63, 3.8) is 0 Å². The van der Waals surface area contributed by atoms with Gasteiger partial charge in [0.25, 0.3) is 0 Å². The van der Waals surface area contributed by atoms with Crippen molar-refractivity contribution < 1.29 is 9.59 Å². The molecule has 1 aliphatic carbocycles. The Morgan fingerprint density at radius 3 is 2.11 bits per heavy atom. The van der Waals surface area contributed by atoms with Gasteiger partial charge in [-0.3, -0.25) is 19.4 Å². The number of fused-ring (bicyclic) bond motifs is 1. The standard InChI is InChI=1S/C23H33N3O2/c1-18-8-2-5-11-21(18)25-16-14-24(15-17-25)12-6-7-13-26-22(27)19-9-3-4-10-20(19)23(26)28/h2,5,8,11,19-20H,3-4,6-7,9-10,12-17H2,1H3. The van der Waals surface area contributed by atoms with Crippen LogP contribution in [0.4, 0.5) is 5.69 Å². The quantitative estimate of drug-likeness (QED) is 0.559. The highest BCUT2D eigenvalue weighted by molar-refractivity contribution is 6.05. The molecule has 1 saturated carbocycles. The third-order valence-electron chi connectivity index (χ3n) is 6.87. The van der Waals surface area contributed by atoms with E-state index in [-0.39, 0.29) is 23.7 Å². The van der Waals surface area contributed by atoms with Crippen molar-refractivity contribution in [3.8, 4) is 0 Å². The van der Waals surface area contributed by atoms with E-state index in [4.69, 9.17) is 0 Å². The predicted molar refractivity (Wildman–Crippen MR) is 111 cm³/mol. The highest BCUT2D eigenvalue weighted by atomic mass is 16.2. The molecule has 0 radical (unpaired) electrons. The molecular formula is C23H33N3O2. The van der Waals surface area contributed by atoms with Gasteiger partial charge in [0, 0.05) is 38.4 Å². The molecule has 1 aromatic carbocycles. The van der Waals surface area contributed by atoms with Gasteiger partial charge in [-0.2, -0.15) is 0 Å². The average Bonchev–Trinajstić information content (AvgIpc) is 2.97. The fraction of sp³-hybridized carbons (Fsp3) is 0.652. The number of hydrogen-bond donors (Lipinski definition) is 0. The lowest BCUT2D eigenvalue weighted by Gasteiger charge is -2.36. The Hall–Kier alpha value is -1.88. The minimum atomic E-state index is -0.00392. The molecule has 3 aliphatic rings. The van der Waals surface area contributed by atoms with Crippen LogP contribution in [0.3, 0.4) is 0 Å². The zero-order chi connectivity index (χ0) is 19.5. The van der Waals surface area contributed by atoms with Crippen LogP contribution in [-0.4, -0.2) is 60.9 Å². The molecule has 2 aliphatic heterocycles. The van der Waals surface area contributed by atoms with Crippen molar-refractivity contribution in [3.05, 3.63) is 29.8 Å². The van der Waals surface area contributed by atoms with E-state index in [9.17, 15) is 9.59 Å². The summed E-state index contributed by atoms with van der Waals surface area (Å²) in [5.74, 6) is 0.217. The summed E-state index contributed by atoms with van der Waals surface area (Å²) in [5, 5.41) is 0. The monoisotopic (exact) mass is 383 g/mol. The third kappa shape index (κ3) is 3.95. The molecule has 0 N–H and O–H groups in total. The number of likely N-dealkylation sites (tertiary alicyclic amines) is 1. The number of nitrogens with zero attached hydrogens (tertiary/aromatic N) is 3. The van der Waals surface area contributed by atoms with Crippen LogP contribution in [-0.2, 0) is 9.59 Å². The van der Waals surface area contributed by atoms with Crippen LogP contribution in [0, 0.1) is 18.8 Å². The number of imide groups is 1. The molecule has 2 atom stereocenters. The topological polar surface area (TPSA) is 43.9 Å². The molecule has 28 heavy (non-hydrogen) atoms. The first kappa shape index (κ1) is 19.4. The van der Waals surface area contributed by atoms with E-state index in [1.165, 1.54) is 11.3 Å². The molecule has 4 rings (SSSR count). The number of para-hydroxylation sites is 1. The normalized spacial score (nSPS) is 26.0. The molecule has 5 heteroatoms. The van der Waals surface area contributed by atoms with E-state index < -0.39 is 0 Å². The minimum absolute atomic E-state index is 0.00392. The van der Waals surface area contributed by atoms with Gasteiger partial charge in [0.2, 0.25) is 11.8 Å². The Morgan fingerprint density at radius 1 is 0.857 bits per heavy atom. The maximum Gasteiger partial charge on any atom is 0.233 e. The van der Waals surface area contributed by atoms with Crippen molar-refractivity contribution in [2.24, 2.45) is 11.8 Å². The molecule has 2 unspecified atom stereocenters. The summed E-state index contributed by atoms with van der Waals surface area (Å²) < 4.78 is 0. The summed E-state index contributed by atoms with van der Waals surface area (Å²) >= 11 is 0. The van der Waals surface area contributed by atoms with Gasteiger partial charge in [-0.05, 0) is 50.8 Å². The van der Waals surface area contributed by atoms with E-state index in [0.717, 1.165) is 71.2 Å². The van der Waals surface area contributed by atoms with Gasteiger partial charge < -0.3 is 4.90 Å². The predicted octanol–water partition coefficient (Wildman–Crippen LogP) is 3.07. The van der Waals surface area contributed by atoms with Crippen molar-refractivity contribution in [2.75, 3.05) is 44.2 Å². The molecule has 0 bridgehead atoms. The summed E-state index contributed by atoms with van der Waals surface area (Å²) in [7, 11) is 0. The molecule has 2 heterocycles. The first-order valence-corrected chi connectivity index (χ1v) is 11.0. The molecule has 3 fully saturated rings. The van der Waals surface area contributed by atoms with E-state index in [1.807, 2.05) is 0 Å². The largest absolute Gasteiger partial charge is 0.369 e. The Morgan fingerprint density at radius 2 is 1.46 bits per heavy atom. The van der Waals surface area contributed by atoms with Gasteiger partial charge >= 0.3 is 0 Å². The van der Waals surface area contributed by atoms with Crippen LogP contribution >= 0.6 is 0 Å². The lowest BCUT2D eigenvalue weighted by molar-refractivity contribution is -0.140. The first-order valence-electron chi connectivity index (χ1n) is 11.0. The van der Waals surface area contributed by atoms with Crippen LogP contribution < -0.4 is 4.90 Å². The SMILES string of the molecule is Cc1ccccc1N1CCN(CCCCN2C(=O)C3CCCCC3C2=O)CC1. The molecule has 5 nitrogen and oxygen atoms in total. The number of aryl methyl sites for hydroxylation is 1. The number of carbonyl (C=O) groups is 2. The zero-order valence-electron chi connectivity index (χ0n) is 17.1. The van der Waals surface area contributed by atoms with Crippen LogP contribution in [0.5, 0.6) is 0 Å². The third-order valence-corrected chi connectivity index (χ3v) is 6.87. The van der Waals surface area contributed by atoms with Crippen molar-refractivity contribution in [2.45, 2.75) is 45.4 Å². The Balaban J connectivity index is 1.18. The van der Waals surface area contributed by atoms with Crippen LogP contribution in [0.2, 0.25) is 0 Å². The number of unbranched alkanes of at least 4 members (excludes halogenated alkanes) is 1. The highest BCUT2D eigenvalue weighted by Crippen LogP contribution is 2.38. The maximum atomic E-state index is 12.5. The number of anilines is 1. The number of benzene rings is 1. The molecule has 152 valence electrons. The minimum Gasteiger partial charge on any atom is -0.369 e. The molecular weight excluding hydrogens is 350 g/mol. The van der Waals surface area contributed by atoms with Crippen molar-refractivity contribution in [1.29, 1.82) is 0 Å². The summed E-state index contributed by atoms with van der Waals surface area (Å²) in [6, 6.07) is 8.61. The van der Waals surface area contributed by atoms with E-state index >= 15 is 0 Å². The zero-order valence-corrected chi connectivity index (χ0v) is 17.1. The second-order valence-electron chi connectivity index (χ2n) is 8.65. The number of amides is 2. The second-order valence-corrected chi connectivity index (χ2v) is 8.65. The molecule has 2 amide bonds. The van der Waals surface area contributed by atoms with Gasteiger partial charge in [-0.15, -0.1) is 0 Å². The van der Waals surface area contributed by atoms with Crippen LogP contribution in [0.1, 0.15) is 44.1 Å². The van der Waals surface area contributed by atoms with Gasteiger partial charge in [0.1, 0.15) is 0 Å². The average molecular weight is 384 g/mol. The Labute approximate surface area is 168 Å². The van der Waals surface area contributed by atoms with Crippen LogP contribution in [0.25, 0.3) is 0 Å². The molecule has 0 aromatic heterocycles. The van der Waals surface area contributed by atoms with Gasteiger partial charge in [-0.1, -0.05) is 31.0 Å². The summed E-state index contributed by atoms with van der Waals surface area (Å²) in [4.78, 5) is 31.6. The fourth-order valence-electron chi connectivity index (χ4n) is 5.19. The number of carbonyl (C=O) groups excluding carboxylic acids is 2. The number of piperazine rings is 1. The molecule has 1 aromatic rings. The van der Waals surface area contributed by atoms with Gasteiger partial charge in [0.05, 0.1) is 11.8 Å². The Kier molecular flexibility index (Phi) is 6.00. The van der Waals surface area contributed by atoms with E-state index in [1.54, 1.807) is 4.90 Å². The lowest BCUT2D eigenvalue weighted by Crippen LogP contribution is -2.47. The first-order chi connectivity index (χ1) is 13.6. The van der Waals surface area contributed by atoms with Crippen molar-refractivity contribution >= 4 is 17.5 Å². The van der Waals surface area contributed by atoms with Gasteiger partial charge in [-0.25, -0.2) is 0 Å². The fourth-order valence-corrected chi connectivity index (χ4v) is 5.19. The molecule has 2 saturated heterocycles. The number of rotatable bonds is 6. The van der Waals surface area contributed by atoms with E-state index in [2.05, 4.69) is 41.0 Å². The Bertz CT molecular complexity index is 688. The maximum absolute atomic E-state index is 12.5. The van der Waals surface area contributed by atoms with E-state index in [0.29, 0.717) is 6.54 Å². The lowest BCUT2D eigenvalue weighted by atomic mass is 9.81. The van der Waals surface area contributed by atoms with Crippen molar-refractivity contribution in [1.82, 2.24) is 9.80 Å².